The number of aryl methyl sites for hydroxylation is 2. The Hall–Kier alpha value is -4.10. The molecule has 4 aromatic rings. The number of nitrogens with one attached hydrogen (secondary N) is 1. The van der Waals surface area contributed by atoms with E-state index in [0.29, 0.717) is 57.0 Å². The van der Waals surface area contributed by atoms with Gasteiger partial charge in [-0.2, -0.15) is 0 Å². The minimum Gasteiger partial charge on any atom is -0.426 e. The highest BCUT2D eigenvalue weighted by atomic mass is 17.1. The molecule has 2 N–H and O–H groups in total. The highest BCUT2D eigenvalue weighted by Crippen LogP contribution is 2.41. The van der Waals surface area contributed by atoms with E-state index in [1.54, 1.807) is 12.1 Å². The lowest BCUT2D eigenvalue weighted by Crippen LogP contribution is -2.51. The maximum atomic E-state index is 13.3. The Kier molecular flexibility index (Phi) is 15.2. The molecule has 314 valence electrons. The first-order valence-electron chi connectivity index (χ1n) is 21.3. The molecule has 11 nitrogen and oxygen atoms in total. The Bertz CT molecular complexity index is 2000. The van der Waals surface area contributed by atoms with Crippen LogP contribution in [0.15, 0.2) is 60.7 Å². The number of likely N-dealkylation sites (N-methyl/N-ethyl adjacent to an activating group) is 1. The molecule has 1 aromatic heterocycles. The predicted octanol–water partition coefficient (Wildman–Crippen LogP) is 7.62. The number of amides is 1. The molecule has 0 spiro atoms. The quantitative estimate of drug-likeness (QED) is 0.0455. The highest BCUT2D eigenvalue weighted by molar-refractivity contribution is 5.95. The number of rotatable bonds is 18. The van der Waals surface area contributed by atoms with E-state index in [-0.39, 0.29) is 23.9 Å². The molecule has 3 heterocycles. The lowest BCUT2D eigenvalue weighted by Gasteiger charge is -2.32. The van der Waals surface area contributed by atoms with Gasteiger partial charge in [-0.25, -0.2) is 10.3 Å². The number of esters is 1. The fourth-order valence-corrected chi connectivity index (χ4v) is 8.56. The van der Waals surface area contributed by atoms with Crippen molar-refractivity contribution in [2.75, 3.05) is 66.6 Å². The first-order chi connectivity index (χ1) is 28.0. The second kappa shape index (κ2) is 20.2. The van der Waals surface area contributed by atoms with Gasteiger partial charge in [0.25, 0.3) is 0 Å². The first kappa shape index (κ1) is 43.5. The molecule has 3 aromatic carbocycles. The summed E-state index contributed by atoms with van der Waals surface area (Å²) >= 11 is 0. The molecule has 1 atom stereocenters. The summed E-state index contributed by atoms with van der Waals surface area (Å²) in [6.45, 7) is 15.4. The van der Waals surface area contributed by atoms with Crippen LogP contribution in [0.1, 0.15) is 76.5 Å². The zero-order valence-electron chi connectivity index (χ0n) is 35.6. The van der Waals surface area contributed by atoms with E-state index >= 15 is 0 Å². The SMILES string of the molecule is CCn1c(-c2ccccc2CCOC)c(CC(C)(C)COO)c2cc(-c3cc(CCCC(=O)N4CCC[C@@H](C)N4)cc(OC(=O)CCN4CCN(C)CC4)c3)ccc21. The number of hydrogen-bond acceptors (Lipinski definition) is 9. The van der Waals surface area contributed by atoms with Crippen molar-refractivity contribution in [3.63, 3.8) is 0 Å². The van der Waals surface area contributed by atoms with Crippen LogP contribution in [0.2, 0.25) is 0 Å². The topological polar surface area (TPSA) is 109 Å². The fraction of sp³-hybridized carbons (Fsp3) is 0.532. The molecule has 11 heteroatoms. The van der Waals surface area contributed by atoms with Crippen molar-refractivity contribution in [2.45, 2.75) is 91.6 Å². The minimum absolute atomic E-state index is 0.116. The highest BCUT2D eigenvalue weighted by Gasteiger charge is 2.28. The zero-order valence-corrected chi connectivity index (χ0v) is 35.6. The Labute approximate surface area is 345 Å². The van der Waals surface area contributed by atoms with Crippen LogP contribution in [-0.2, 0) is 45.0 Å². The summed E-state index contributed by atoms with van der Waals surface area (Å²) < 4.78 is 14.0. The van der Waals surface area contributed by atoms with Crippen LogP contribution in [0.4, 0.5) is 0 Å². The number of piperazine rings is 1. The van der Waals surface area contributed by atoms with Crippen molar-refractivity contribution in [3.8, 4) is 28.1 Å². The summed E-state index contributed by atoms with van der Waals surface area (Å²) in [7, 11) is 3.86. The molecule has 0 aliphatic carbocycles. The number of ether oxygens (including phenoxy) is 2. The van der Waals surface area contributed by atoms with Gasteiger partial charge in [0, 0.05) is 81.9 Å². The smallest absolute Gasteiger partial charge is 0.312 e. The van der Waals surface area contributed by atoms with Crippen LogP contribution in [0.25, 0.3) is 33.3 Å². The summed E-state index contributed by atoms with van der Waals surface area (Å²) in [5.41, 5.74) is 11.8. The average Bonchev–Trinajstić information content (AvgIpc) is 3.51. The van der Waals surface area contributed by atoms with E-state index in [9.17, 15) is 14.8 Å². The lowest BCUT2D eigenvalue weighted by molar-refractivity contribution is -0.259. The molecule has 2 aliphatic rings. The van der Waals surface area contributed by atoms with Crippen molar-refractivity contribution in [2.24, 2.45) is 5.41 Å². The fourth-order valence-electron chi connectivity index (χ4n) is 8.56. The molecule has 2 fully saturated rings. The largest absolute Gasteiger partial charge is 0.426 e. The second-order valence-corrected chi connectivity index (χ2v) is 17.1. The Morgan fingerprint density at radius 3 is 2.48 bits per heavy atom. The number of carbonyl (C=O) groups excluding carboxylic acids is 2. The van der Waals surface area contributed by atoms with Crippen LogP contribution < -0.4 is 10.2 Å². The minimum atomic E-state index is -0.363. The van der Waals surface area contributed by atoms with Gasteiger partial charge in [0.2, 0.25) is 5.91 Å². The van der Waals surface area contributed by atoms with Gasteiger partial charge in [0.05, 0.1) is 25.3 Å². The van der Waals surface area contributed by atoms with Crippen molar-refractivity contribution >= 4 is 22.8 Å². The van der Waals surface area contributed by atoms with Crippen LogP contribution in [0, 0.1) is 5.41 Å². The Morgan fingerprint density at radius 1 is 0.948 bits per heavy atom. The maximum Gasteiger partial charge on any atom is 0.312 e. The van der Waals surface area contributed by atoms with Gasteiger partial charge < -0.3 is 23.8 Å². The molecule has 2 saturated heterocycles. The van der Waals surface area contributed by atoms with E-state index in [0.717, 1.165) is 86.1 Å². The number of hydrogen-bond donors (Lipinski definition) is 2. The van der Waals surface area contributed by atoms with Gasteiger partial charge in [-0.15, -0.1) is 0 Å². The predicted molar refractivity (Wildman–Crippen MR) is 231 cm³/mol. The van der Waals surface area contributed by atoms with E-state index in [1.165, 1.54) is 22.4 Å². The second-order valence-electron chi connectivity index (χ2n) is 17.1. The van der Waals surface area contributed by atoms with E-state index in [2.05, 4.69) is 103 Å². The summed E-state index contributed by atoms with van der Waals surface area (Å²) in [5, 5.41) is 12.5. The summed E-state index contributed by atoms with van der Waals surface area (Å²) in [4.78, 5) is 35.9. The molecule has 0 saturated carbocycles. The zero-order chi connectivity index (χ0) is 41.2. The number of carbonyl (C=O) groups is 2. The van der Waals surface area contributed by atoms with Crippen LogP contribution in [0.3, 0.4) is 0 Å². The number of fused-ring (bicyclic) bond motifs is 1. The Morgan fingerprint density at radius 2 is 1.74 bits per heavy atom. The third kappa shape index (κ3) is 11.1. The normalized spacial score (nSPS) is 16.9. The van der Waals surface area contributed by atoms with Gasteiger partial charge in [0.15, 0.2) is 0 Å². The molecule has 0 unspecified atom stereocenters. The van der Waals surface area contributed by atoms with Crippen molar-refractivity contribution < 1.29 is 29.2 Å². The lowest BCUT2D eigenvalue weighted by atomic mass is 9.84. The van der Waals surface area contributed by atoms with Crippen molar-refractivity contribution in [3.05, 3.63) is 77.4 Å². The van der Waals surface area contributed by atoms with Gasteiger partial charge in [-0.1, -0.05) is 50.2 Å². The molecular weight excluding hydrogens is 731 g/mol. The van der Waals surface area contributed by atoms with E-state index in [1.807, 2.05) is 12.1 Å². The number of aromatic nitrogens is 1. The van der Waals surface area contributed by atoms with E-state index in [4.69, 9.17) is 14.4 Å². The van der Waals surface area contributed by atoms with Crippen molar-refractivity contribution in [1.29, 1.82) is 0 Å². The van der Waals surface area contributed by atoms with E-state index < -0.39 is 0 Å². The van der Waals surface area contributed by atoms with Crippen LogP contribution in [-0.4, -0.2) is 109 Å². The molecule has 0 bridgehead atoms. The molecular formula is C47H65N5O6. The monoisotopic (exact) mass is 795 g/mol. The van der Waals surface area contributed by atoms with Gasteiger partial charge in [-0.3, -0.25) is 19.9 Å². The first-order valence-corrected chi connectivity index (χ1v) is 21.3. The molecule has 2 aliphatic heterocycles. The van der Waals surface area contributed by atoms with Crippen molar-refractivity contribution in [1.82, 2.24) is 24.8 Å². The summed E-state index contributed by atoms with van der Waals surface area (Å²) in [5.74, 6) is 0.394. The summed E-state index contributed by atoms with van der Waals surface area (Å²) in [6.07, 6.45) is 5.65. The van der Waals surface area contributed by atoms with Crippen LogP contribution >= 0.6 is 0 Å². The number of hydrazine groups is 1. The average molecular weight is 796 g/mol. The maximum absolute atomic E-state index is 13.3. The van der Waals surface area contributed by atoms with Gasteiger partial charge in [0.1, 0.15) is 5.75 Å². The third-order valence-corrected chi connectivity index (χ3v) is 11.8. The number of methoxy groups -OCH3 is 1. The van der Waals surface area contributed by atoms with Gasteiger partial charge >= 0.3 is 5.97 Å². The third-order valence-electron chi connectivity index (χ3n) is 11.8. The van der Waals surface area contributed by atoms with Gasteiger partial charge in [-0.05, 0) is 117 Å². The number of nitrogens with zero attached hydrogens (tertiary/aromatic N) is 4. The standard InChI is InChI=1S/C47H65N5O6/c1-7-51-43-18-17-37(31-41(43)42(32-47(3,4)33-57-55)46(51)40-15-9-8-14-36(40)20-27-56-6)38-28-35(13-10-16-44(53)52-21-11-12-34(2)48-52)29-39(30-38)58-45(54)19-22-50-25-23-49(5)24-26-50/h8-9,14-15,17-18,28-31,34,48,55H,7,10-13,16,19-27,32-33H2,1-6H3/t34-/m1/s1. The summed E-state index contributed by atoms with van der Waals surface area (Å²) in [6, 6.07) is 21.6. The molecule has 1 amide bonds. The van der Waals surface area contributed by atoms with Crippen LogP contribution in [0.5, 0.6) is 5.75 Å². The molecule has 0 radical (unpaired) electrons. The Balaban J connectivity index is 1.36. The molecule has 6 rings (SSSR count). The number of benzene rings is 3. The molecule has 58 heavy (non-hydrogen) atoms.